The van der Waals surface area contributed by atoms with Gasteiger partial charge in [-0.1, -0.05) is 30.3 Å². The first kappa shape index (κ1) is 19.5. The molecule has 0 atom stereocenters. The number of benzene rings is 2. The Kier molecular flexibility index (Phi) is 6.42. The second-order valence-corrected chi connectivity index (χ2v) is 7.54. The lowest BCUT2D eigenvalue weighted by Crippen LogP contribution is -2.35. The first-order chi connectivity index (χ1) is 12.3. The Morgan fingerprint density at radius 1 is 1.04 bits per heavy atom. The molecule has 0 aliphatic carbocycles. The molecule has 0 bridgehead atoms. The number of rotatable bonds is 9. The van der Waals surface area contributed by atoms with Crippen molar-refractivity contribution in [3.63, 3.8) is 0 Å². The molecule has 0 spiro atoms. The van der Waals surface area contributed by atoms with Crippen LogP contribution in [0, 0.1) is 10.1 Å². The Balaban J connectivity index is 2.23. The van der Waals surface area contributed by atoms with Gasteiger partial charge in [-0.05, 0) is 24.1 Å². The second kappa shape index (κ2) is 8.54. The molecule has 2 rings (SSSR count). The Labute approximate surface area is 151 Å². The number of nitrogens with two attached hydrogens (primary N) is 1. The van der Waals surface area contributed by atoms with Crippen molar-refractivity contribution in [1.82, 2.24) is 4.31 Å². The van der Waals surface area contributed by atoms with E-state index in [1.165, 1.54) is 16.4 Å². The number of amides is 1. The third kappa shape index (κ3) is 5.11. The minimum atomic E-state index is -3.91. The van der Waals surface area contributed by atoms with Gasteiger partial charge >= 0.3 is 0 Å². The molecule has 2 aromatic rings. The zero-order valence-corrected chi connectivity index (χ0v) is 14.8. The fourth-order valence-corrected chi connectivity index (χ4v) is 3.82. The highest BCUT2D eigenvalue weighted by Crippen LogP contribution is 2.20. The van der Waals surface area contributed by atoms with Crippen LogP contribution in [-0.2, 0) is 21.2 Å². The van der Waals surface area contributed by atoms with Gasteiger partial charge in [-0.25, -0.2) is 8.42 Å². The van der Waals surface area contributed by atoms with Gasteiger partial charge in [-0.15, -0.1) is 0 Å². The SMILES string of the molecule is NC(=O)CCN(CCc1ccccc1)S(=O)(=O)c1ccc([N+](=O)[O-])cc1. The number of non-ortho nitro benzene ring substituents is 1. The van der Waals surface area contributed by atoms with E-state index in [1.54, 1.807) is 0 Å². The zero-order valence-electron chi connectivity index (χ0n) is 13.9. The Bertz CT molecular complexity index is 867. The van der Waals surface area contributed by atoms with Crippen LogP contribution >= 0.6 is 0 Å². The molecule has 8 nitrogen and oxygen atoms in total. The highest BCUT2D eigenvalue weighted by atomic mass is 32.2. The summed E-state index contributed by atoms with van der Waals surface area (Å²) in [6.07, 6.45) is 0.354. The van der Waals surface area contributed by atoms with E-state index in [0.29, 0.717) is 6.42 Å². The smallest absolute Gasteiger partial charge is 0.269 e. The van der Waals surface area contributed by atoms with Crippen LogP contribution in [-0.4, -0.2) is 36.6 Å². The summed E-state index contributed by atoms with van der Waals surface area (Å²) in [6.45, 7) is 0.109. The molecule has 0 aromatic heterocycles. The lowest BCUT2D eigenvalue weighted by atomic mass is 10.1. The normalized spacial score (nSPS) is 11.4. The summed E-state index contributed by atoms with van der Waals surface area (Å²) in [4.78, 5) is 21.1. The molecule has 2 N–H and O–H groups in total. The molecule has 1 amide bonds. The van der Waals surface area contributed by atoms with E-state index in [9.17, 15) is 23.3 Å². The fourth-order valence-electron chi connectivity index (χ4n) is 2.37. The zero-order chi connectivity index (χ0) is 19.2. The van der Waals surface area contributed by atoms with Crippen molar-refractivity contribution in [3.8, 4) is 0 Å². The maximum atomic E-state index is 12.9. The third-order valence-electron chi connectivity index (χ3n) is 3.79. The minimum Gasteiger partial charge on any atom is -0.370 e. The van der Waals surface area contributed by atoms with Crippen molar-refractivity contribution in [2.75, 3.05) is 13.1 Å². The second-order valence-electron chi connectivity index (χ2n) is 5.61. The summed E-state index contributed by atoms with van der Waals surface area (Å²) in [5.41, 5.74) is 5.90. The van der Waals surface area contributed by atoms with Crippen LogP contribution in [0.2, 0.25) is 0 Å². The number of hydrogen-bond acceptors (Lipinski definition) is 5. The van der Waals surface area contributed by atoms with Gasteiger partial charge in [0.15, 0.2) is 0 Å². The van der Waals surface area contributed by atoms with Gasteiger partial charge in [0.05, 0.1) is 9.82 Å². The number of carbonyl (C=O) groups is 1. The van der Waals surface area contributed by atoms with Crippen LogP contribution < -0.4 is 5.73 Å². The summed E-state index contributed by atoms with van der Waals surface area (Å²) in [6, 6.07) is 14.0. The van der Waals surface area contributed by atoms with Gasteiger partial charge in [-0.2, -0.15) is 4.31 Å². The maximum Gasteiger partial charge on any atom is 0.269 e. The van der Waals surface area contributed by atoms with Crippen molar-refractivity contribution in [2.24, 2.45) is 5.73 Å². The number of hydrogen-bond donors (Lipinski definition) is 1. The Morgan fingerprint density at radius 2 is 1.65 bits per heavy atom. The van der Waals surface area contributed by atoms with E-state index < -0.39 is 20.9 Å². The molecular weight excluding hydrogens is 358 g/mol. The van der Waals surface area contributed by atoms with E-state index in [2.05, 4.69) is 0 Å². The molecule has 9 heteroatoms. The monoisotopic (exact) mass is 377 g/mol. The lowest BCUT2D eigenvalue weighted by molar-refractivity contribution is -0.384. The number of nitro groups is 1. The standard InChI is InChI=1S/C17H19N3O5S/c18-17(21)11-13-19(12-10-14-4-2-1-3-5-14)26(24,25)16-8-6-15(7-9-16)20(22)23/h1-9H,10-13H2,(H2,18,21). The molecule has 0 unspecified atom stereocenters. The molecule has 0 saturated carbocycles. The van der Waals surface area contributed by atoms with Crippen LogP contribution in [0.3, 0.4) is 0 Å². The molecule has 0 aliphatic heterocycles. The van der Waals surface area contributed by atoms with Gasteiger partial charge in [0.25, 0.3) is 5.69 Å². The van der Waals surface area contributed by atoms with Gasteiger partial charge in [-0.3, -0.25) is 14.9 Å². The molecule has 0 saturated heterocycles. The number of carbonyl (C=O) groups excluding carboxylic acids is 1. The van der Waals surface area contributed by atoms with Crippen molar-refractivity contribution in [2.45, 2.75) is 17.7 Å². The van der Waals surface area contributed by atoms with E-state index in [1.807, 2.05) is 30.3 Å². The summed E-state index contributed by atoms with van der Waals surface area (Å²) in [7, 11) is -3.91. The molecule has 0 fully saturated rings. The number of sulfonamides is 1. The van der Waals surface area contributed by atoms with Gasteiger partial charge in [0.1, 0.15) is 0 Å². The average molecular weight is 377 g/mol. The number of nitro benzene ring substituents is 1. The average Bonchev–Trinajstić information content (AvgIpc) is 2.62. The molecule has 138 valence electrons. The Hall–Kier alpha value is -2.78. The largest absolute Gasteiger partial charge is 0.370 e. The molecule has 0 radical (unpaired) electrons. The highest BCUT2D eigenvalue weighted by Gasteiger charge is 2.25. The topological polar surface area (TPSA) is 124 Å². The van der Waals surface area contributed by atoms with Crippen LogP contribution in [0.25, 0.3) is 0 Å². The molecule has 26 heavy (non-hydrogen) atoms. The van der Waals surface area contributed by atoms with E-state index in [0.717, 1.165) is 17.7 Å². The van der Waals surface area contributed by atoms with Crippen LogP contribution in [0.4, 0.5) is 5.69 Å². The molecular formula is C17H19N3O5S. The number of primary amides is 1. The number of nitrogens with zero attached hydrogens (tertiary/aromatic N) is 2. The lowest BCUT2D eigenvalue weighted by Gasteiger charge is -2.21. The quantitative estimate of drug-likeness (QED) is 0.526. The Morgan fingerprint density at radius 3 is 2.19 bits per heavy atom. The summed E-state index contributed by atoms with van der Waals surface area (Å²) >= 11 is 0. The highest BCUT2D eigenvalue weighted by molar-refractivity contribution is 7.89. The van der Waals surface area contributed by atoms with E-state index in [-0.39, 0.29) is 30.1 Å². The predicted molar refractivity (Wildman–Crippen MR) is 95.8 cm³/mol. The first-order valence-electron chi connectivity index (χ1n) is 7.87. The van der Waals surface area contributed by atoms with Gasteiger partial charge < -0.3 is 5.73 Å². The summed E-state index contributed by atoms with van der Waals surface area (Å²) in [5, 5.41) is 10.7. The van der Waals surface area contributed by atoms with E-state index >= 15 is 0 Å². The molecule has 0 heterocycles. The van der Waals surface area contributed by atoms with Crippen LogP contribution in [0.1, 0.15) is 12.0 Å². The summed E-state index contributed by atoms with van der Waals surface area (Å²) in [5.74, 6) is -0.603. The van der Waals surface area contributed by atoms with E-state index in [4.69, 9.17) is 5.73 Å². The molecule has 0 aliphatic rings. The van der Waals surface area contributed by atoms with Crippen molar-refractivity contribution in [1.29, 1.82) is 0 Å². The van der Waals surface area contributed by atoms with Crippen molar-refractivity contribution < 1.29 is 18.1 Å². The van der Waals surface area contributed by atoms with Crippen LogP contribution in [0.15, 0.2) is 59.5 Å². The molecule has 2 aromatic carbocycles. The minimum absolute atomic E-state index is 0.0541. The maximum absolute atomic E-state index is 12.9. The van der Waals surface area contributed by atoms with Crippen LogP contribution in [0.5, 0.6) is 0 Å². The van der Waals surface area contributed by atoms with Gasteiger partial charge in [0.2, 0.25) is 15.9 Å². The van der Waals surface area contributed by atoms with Crippen molar-refractivity contribution >= 4 is 21.6 Å². The fraction of sp³-hybridized carbons (Fsp3) is 0.235. The van der Waals surface area contributed by atoms with Gasteiger partial charge in [0, 0.05) is 31.6 Å². The first-order valence-corrected chi connectivity index (χ1v) is 9.31. The summed E-state index contributed by atoms with van der Waals surface area (Å²) < 4.78 is 26.9. The predicted octanol–water partition coefficient (Wildman–Crippen LogP) is 1.70. The van der Waals surface area contributed by atoms with Crippen molar-refractivity contribution in [3.05, 3.63) is 70.3 Å². The third-order valence-corrected chi connectivity index (χ3v) is 5.70.